The summed E-state index contributed by atoms with van der Waals surface area (Å²) in [6.07, 6.45) is 3.36. The van der Waals surface area contributed by atoms with Gasteiger partial charge in [0.05, 0.1) is 17.1 Å². The van der Waals surface area contributed by atoms with Crippen molar-refractivity contribution in [1.82, 2.24) is 10.2 Å². The van der Waals surface area contributed by atoms with Crippen LogP contribution in [0.2, 0.25) is 0 Å². The highest BCUT2D eigenvalue weighted by Crippen LogP contribution is 2.32. The third-order valence-electron chi connectivity index (χ3n) is 4.81. The number of likely N-dealkylation sites (tertiary alicyclic amines) is 1. The number of nitrogen functional groups attached to an aromatic ring is 1. The summed E-state index contributed by atoms with van der Waals surface area (Å²) in [4.78, 5) is 14.6. The van der Waals surface area contributed by atoms with E-state index >= 15 is 0 Å². The van der Waals surface area contributed by atoms with E-state index in [1.54, 1.807) is 14.2 Å². The predicted molar refractivity (Wildman–Crippen MR) is 136 cm³/mol. The Kier molecular flexibility index (Phi) is 10.3. The molecule has 1 heterocycles. The van der Waals surface area contributed by atoms with Gasteiger partial charge in [-0.15, -0.1) is 0 Å². The van der Waals surface area contributed by atoms with Crippen LogP contribution in [0, 0.1) is 0 Å². The third kappa shape index (κ3) is 7.25. The van der Waals surface area contributed by atoms with E-state index in [0.29, 0.717) is 5.70 Å². The summed E-state index contributed by atoms with van der Waals surface area (Å²) in [5, 5.41) is 5.90. The lowest BCUT2D eigenvalue weighted by Crippen LogP contribution is -2.39. The Labute approximate surface area is 198 Å². The minimum Gasteiger partial charge on any atom is -0.496 e. The van der Waals surface area contributed by atoms with Gasteiger partial charge in [0.25, 0.3) is 5.91 Å². The molecule has 1 fully saturated rings. The van der Waals surface area contributed by atoms with Gasteiger partial charge in [0.2, 0.25) is 0 Å². The predicted octanol–water partition coefficient (Wildman–Crippen LogP) is 4.63. The van der Waals surface area contributed by atoms with Gasteiger partial charge in [-0.1, -0.05) is 30.4 Å². The summed E-state index contributed by atoms with van der Waals surface area (Å²) in [7, 11) is 3.40. The maximum atomic E-state index is 12.7. The molecule has 0 radical (unpaired) electrons. The summed E-state index contributed by atoms with van der Waals surface area (Å²) in [5.74, 6) is 0.776. The van der Waals surface area contributed by atoms with Crippen LogP contribution in [-0.4, -0.2) is 43.5 Å². The molecule has 0 saturated carbocycles. The van der Waals surface area contributed by atoms with E-state index in [2.05, 4.69) is 38.8 Å². The highest BCUT2D eigenvalue weighted by atomic mass is 79.9. The number of benzene rings is 2. The number of piperidine rings is 1. The summed E-state index contributed by atoms with van der Waals surface area (Å²) in [6, 6.07) is 15.0. The number of thiocarbonyl (C=S) groups is 1. The van der Waals surface area contributed by atoms with E-state index in [1.807, 2.05) is 53.4 Å². The summed E-state index contributed by atoms with van der Waals surface area (Å²) < 4.78 is 6.10. The number of carbonyl (C=O) groups is 1. The van der Waals surface area contributed by atoms with Crippen molar-refractivity contribution >= 4 is 55.4 Å². The average molecular weight is 505 g/mol. The zero-order chi connectivity index (χ0) is 22.6. The first-order valence-corrected chi connectivity index (χ1v) is 11.3. The molecular weight excluding hydrogens is 476 g/mol. The van der Waals surface area contributed by atoms with Crippen molar-refractivity contribution in [2.75, 3.05) is 38.3 Å². The van der Waals surface area contributed by atoms with Gasteiger partial charge in [-0.2, -0.15) is 0 Å². The van der Waals surface area contributed by atoms with Crippen molar-refractivity contribution in [2.45, 2.75) is 19.3 Å². The van der Waals surface area contributed by atoms with Crippen LogP contribution in [0.3, 0.4) is 0 Å². The Hall–Kier alpha value is -2.58. The fraction of sp³-hybridized carbons (Fsp3) is 0.304. The van der Waals surface area contributed by atoms with Crippen molar-refractivity contribution in [1.29, 1.82) is 0 Å². The summed E-state index contributed by atoms with van der Waals surface area (Å²) >= 11 is 8.16. The Morgan fingerprint density at radius 1 is 1.13 bits per heavy atom. The number of amides is 1. The number of hydrogen-bond donors (Lipinski definition) is 3. The minimum atomic E-state index is 0.0370. The second kappa shape index (κ2) is 13.0. The number of methoxy groups -OCH3 is 1. The van der Waals surface area contributed by atoms with Crippen LogP contribution in [0.5, 0.6) is 5.75 Å². The van der Waals surface area contributed by atoms with Gasteiger partial charge in [0, 0.05) is 37.1 Å². The van der Waals surface area contributed by atoms with Gasteiger partial charge >= 0.3 is 0 Å². The molecule has 8 heteroatoms. The standard InChI is InChI=1S/C16H21BrN2O2.C7H8N2S/c1-18-15(16(20)19-10-6-3-7-11-19)14(17)12-8-4-5-9-13(12)21-2;8-6-1-3-7(4-2-6)9-5-10/h4-5,8-9,18H,3,6-7,10-11H2,1-2H3;1-5H,8H2,(H,9,10)/b15-14+;. The summed E-state index contributed by atoms with van der Waals surface area (Å²) in [5.41, 5.74) is 10.1. The summed E-state index contributed by atoms with van der Waals surface area (Å²) in [6.45, 7) is 1.66. The van der Waals surface area contributed by atoms with Crippen molar-refractivity contribution < 1.29 is 9.53 Å². The van der Waals surface area contributed by atoms with Crippen LogP contribution in [-0.2, 0) is 4.79 Å². The maximum Gasteiger partial charge on any atom is 0.271 e. The number of rotatable bonds is 6. The van der Waals surface area contributed by atoms with Gasteiger partial charge in [-0.05, 0) is 65.5 Å². The first-order chi connectivity index (χ1) is 15.0. The van der Waals surface area contributed by atoms with Crippen LogP contribution in [0.15, 0.2) is 54.2 Å². The number of carbonyl (C=O) groups excluding carboxylic acids is 1. The number of hydrogen-bond acceptors (Lipinski definition) is 5. The molecule has 0 aromatic heterocycles. The lowest BCUT2D eigenvalue weighted by molar-refractivity contribution is -0.128. The lowest BCUT2D eigenvalue weighted by atomic mass is 10.1. The monoisotopic (exact) mass is 504 g/mol. The molecule has 0 aliphatic carbocycles. The lowest BCUT2D eigenvalue weighted by Gasteiger charge is -2.28. The SMILES string of the molecule is CN/C(C(=O)N1CCCCC1)=C(/Br)c1ccccc1OC.Nc1ccc(NC=S)cc1. The molecular formula is C23H29BrN4O2S. The fourth-order valence-electron chi connectivity index (χ4n) is 3.17. The topological polar surface area (TPSA) is 79.6 Å². The highest BCUT2D eigenvalue weighted by molar-refractivity contribution is 9.15. The molecule has 0 unspecified atom stereocenters. The number of para-hydroxylation sites is 1. The Bertz CT molecular complexity index is 897. The zero-order valence-corrected chi connectivity index (χ0v) is 20.3. The van der Waals surface area contributed by atoms with Crippen LogP contribution in [0.4, 0.5) is 11.4 Å². The highest BCUT2D eigenvalue weighted by Gasteiger charge is 2.23. The van der Waals surface area contributed by atoms with Gasteiger partial charge in [-0.25, -0.2) is 0 Å². The van der Waals surface area contributed by atoms with E-state index in [4.69, 9.17) is 10.5 Å². The molecule has 0 atom stereocenters. The van der Waals surface area contributed by atoms with Crippen LogP contribution < -0.4 is 21.1 Å². The van der Waals surface area contributed by atoms with Crippen LogP contribution in [0.25, 0.3) is 4.48 Å². The maximum absolute atomic E-state index is 12.7. The minimum absolute atomic E-state index is 0.0370. The molecule has 1 aliphatic rings. The number of nitrogens with two attached hydrogens (primary N) is 1. The number of halogens is 1. The molecule has 6 nitrogen and oxygen atoms in total. The smallest absolute Gasteiger partial charge is 0.271 e. The van der Waals surface area contributed by atoms with Crippen LogP contribution in [0.1, 0.15) is 24.8 Å². The largest absolute Gasteiger partial charge is 0.496 e. The van der Waals surface area contributed by atoms with E-state index in [0.717, 1.165) is 53.1 Å². The number of nitrogens with zero attached hydrogens (tertiary/aromatic N) is 1. The molecule has 31 heavy (non-hydrogen) atoms. The third-order valence-corrected chi connectivity index (χ3v) is 5.75. The van der Waals surface area contributed by atoms with E-state index < -0.39 is 0 Å². The van der Waals surface area contributed by atoms with Gasteiger partial charge < -0.3 is 26.0 Å². The second-order valence-corrected chi connectivity index (χ2v) is 7.91. The molecule has 4 N–H and O–H groups in total. The van der Waals surface area contributed by atoms with Crippen LogP contribution >= 0.6 is 28.1 Å². The molecule has 3 rings (SSSR count). The number of likely N-dealkylation sites (N-methyl/N-ethyl adjacent to an activating group) is 1. The first kappa shape index (κ1) is 24.7. The van der Waals surface area contributed by atoms with Gasteiger partial charge in [0.15, 0.2) is 0 Å². The Morgan fingerprint density at radius 3 is 2.35 bits per heavy atom. The second-order valence-electron chi connectivity index (χ2n) is 6.88. The quantitative estimate of drug-likeness (QED) is 0.302. The molecule has 1 saturated heterocycles. The van der Waals surface area contributed by atoms with Crippen molar-refractivity contribution in [3.8, 4) is 5.75 Å². The van der Waals surface area contributed by atoms with E-state index in [9.17, 15) is 4.79 Å². The Balaban J connectivity index is 0.000000285. The molecule has 166 valence electrons. The normalized spacial score (nSPS) is 13.8. The Morgan fingerprint density at radius 2 is 1.77 bits per heavy atom. The molecule has 2 aromatic carbocycles. The number of nitrogens with one attached hydrogen (secondary N) is 2. The van der Waals surface area contributed by atoms with Crippen molar-refractivity contribution in [2.24, 2.45) is 0 Å². The van der Waals surface area contributed by atoms with Crippen molar-refractivity contribution in [3.05, 3.63) is 59.8 Å². The van der Waals surface area contributed by atoms with E-state index in [-0.39, 0.29) is 5.91 Å². The van der Waals surface area contributed by atoms with Crippen molar-refractivity contribution in [3.63, 3.8) is 0 Å². The number of ether oxygens (including phenoxy) is 1. The van der Waals surface area contributed by atoms with Gasteiger partial charge in [0.1, 0.15) is 11.4 Å². The number of anilines is 2. The molecule has 0 bridgehead atoms. The fourth-order valence-corrected chi connectivity index (χ4v) is 4.01. The molecule has 1 aliphatic heterocycles. The van der Waals surface area contributed by atoms with Gasteiger partial charge in [-0.3, -0.25) is 4.79 Å². The van der Waals surface area contributed by atoms with E-state index in [1.165, 1.54) is 11.9 Å². The first-order valence-electron chi connectivity index (χ1n) is 10.1. The molecule has 1 amide bonds. The zero-order valence-electron chi connectivity index (χ0n) is 17.9. The molecule has 2 aromatic rings. The molecule has 0 spiro atoms. The average Bonchev–Trinajstić information content (AvgIpc) is 2.82.